The van der Waals surface area contributed by atoms with Crippen LogP contribution < -0.4 is 5.32 Å². The van der Waals surface area contributed by atoms with Crippen molar-refractivity contribution in [3.8, 4) is 0 Å². The first-order valence-electron chi connectivity index (χ1n) is 8.25. The number of rotatable bonds is 3. The molecule has 0 saturated carbocycles. The molecule has 136 valence electrons. The van der Waals surface area contributed by atoms with Gasteiger partial charge in [-0.2, -0.15) is 0 Å². The highest BCUT2D eigenvalue weighted by Crippen LogP contribution is 2.23. The van der Waals surface area contributed by atoms with Gasteiger partial charge in [0.1, 0.15) is 0 Å². The minimum atomic E-state index is -1.11. The third-order valence-corrected chi connectivity index (χ3v) is 4.71. The van der Waals surface area contributed by atoms with Gasteiger partial charge in [-0.3, -0.25) is 9.59 Å². The maximum Gasteiger partial charge on any atom is 0.255 e. The minimum absolute atomic E-state index is 0.0489. The lowest BCUT2D eigenvalue weighted by Gasteiger charge is -2.32. The molecule has 1 saturated heterocycles. The first kappa shape index (κ1) is 18.3. The minimum Gasteiger partial charge on any atom is -0.349 e. The highest BCUT2D eigenvalue weighted by atomic mass is 35.5. The molecule has 1 N–H and O–H groups in total. The number of carbonyl (C=O) groups excluding carboxylic acids is 2. The number of amides is 2. The van der Waals surface area contributed by atoms with Crippen LogP contribution in [0.3, 0.4) is 0 Å². The average molecular weight is 379 g/mol. The average Bonchev–Trinajstić information content (AvgIpc) is 2.65. The standard InChI is InChI=1S/C19H17ClF2N2O2/c20-15-11-17(22)16(21)10-14(15)19(26)24-8-6-13(7-9-24)23-18(25)12-4-2-1-3-5-12/h1-5,10-11,13H,6-9H2,(H,23,25). The number of carbonyl (C=O) groups is 2. The Bertz CT molecular complexity index is 822. The molecule has 0 bridgehead atoms. The van der Waals surface area contributed by atoms with Crippen molar-refractivity contribution in [2.75, 3.05) is 13.1 Å². The van der Waals surface area contributed by atoms with Crippen LogP contribution in [0.15, 0.2) is 42.5 Å². The van der Waals surface area contributed by atoms with Gasteiger partial charge in [0.05, 0.1) is 10.6 Å². The molecule has 1 aliphatic heterocycles. The topological polar surface area (TPSA) is 49.4 Å². The monoisotopic (exact) mass is 378 g/mol. The van der Waals surface area contributed by atoms with E-state index in [-0.39, 0.29) is 22.5 Å². The quantitative estimate of drug-likeness (QED) is 0.829. The van der Waals surface area contributed by atoms with E-state index in [4.69, 9.17) is 11.6 Å². The van der Waals surface area contributed by atoms with Crippen LogP contribution in [0.2, 0.25) is 5.02 Å². The number of piperidine rings is 1. The van der Waals surface area contributed by atoms with Gasteiger partial charge < -0.3 is 10.2 Å². The van der Waals surface area contributed by atoms with Crippen molar-refractivity contribution in [1.82, 2.24) is 10.2 Å². The Morgan fingerprint density at radius 1 is 1.04 bits per heavy atom. The molecular weight excluding hydrogens is 362 g/mol. The lowest BCUT2D eigenvalue weighted by atomic mass is 10.0. The van der Waals surface area contributed by atoms with Gasteiger partial charge in [0.15, 0.2) is 11.6 Å². The van der Waals surface area contributed by atoms with Gasteiger partial charge in [0.2, 0.25) is 0 Å². The van der Waals surface area contributed by atoms with E-state index in [2.05, 4.69) is 5.32 Å². The van der Waals surface area contributed by atoms with Gasteiger partial charge in [0, 0.05) is 24.7 Å². The lowest BCUT2D eigenvalue weighted by molar-refractivity contribution is 0.0697. The molecule has 0 aromatic heterocycles. The van der Waals surface area contributed by atoms with Crippen LogP contribution in [0.1, 0.15) is 33.6 Å². The van der Waals surface area contributed by atoms with Crippen LogP contribution in [-0.2, 0) is 0 Å². The molecule has 0 spiro atoms. The Morgan fingerprint density at radius 2 is 1.65 bits per heavy atom. The van der Waals surface area contributed by atoms with Gasteiger partial charge in [-0.1, -0.05) is 29.8 Å². The zero-order valence-electron chi connectivity index (χ0n) is 13.8. The number of halogens is 3. The van der Waals surface area contributed by atoms with E-state index in [1.807, 2.05) is 6.07 Å². The van der Waals surface area contributed by atoms with Crippen LogP contribution in [0.5, 0.6) is 0 Å². The summed E-state index contributed by atoms with van der Waals surface area (Å²) in [6, 6.07) is 10.5. The largest absolute Gasteiger partial charge is 0.349 e. The molecule has 26 heavy (non-hydrogen) atoms. The first-order chi connectivity index (χ1) is 12.5. The third kappa shape index (κ3) is 4.02. The molecule has 4 nitrogen and oxygen atoms in total. The molecule has 0 radical (unpaired) electrons. The van der Waals surface area contributed by atoms with E-state index in [1.54, 1.807) is 24.3 Å². The molecule has 1 heterocycles. The second kappa shape index (κ2) is 7.83. The van der Waals surface area contributed by atoms with Crippen molar-refractivity contribution >= 4 is 23.4 Å². The molecule has 2 aromatic rings. The molecule has 2 aromatic carbocycles. The van der Waals surface area contributed by atoms with Crippen LogP contribution in [0.4, 0.5) is 8.78 Å². The third-order valence-electron chi connectivity index (χ3n) is 4.39. The van der Waals surface area contributed by atoms with Gasteiger partial charge in [-0.15, -0.1) is 0 Å². The Hall–Kier alpha value is -2.47. The van der Waals surface area contributed by atoms with Gasteiger partial charge in [0.25, 0.3) is 11.8 Å². The van der Waals surface area contributed by atoms with Crippen LogP contribution in [0, 0.1) is 11.6 Å². The van der Waals surface area contributed by atoms with Crippen molar-refractivity contribution < 1.29 is 18.4 Å². The molecular formula is C19H17ClF2N2O2. The number of likely N-dealkylation sites (tertiary alicyclic amines) is 1. The first-order valence-corrected chi connectivity index (χ1v) is 8.63. The van der Waals surface area contributed by atoms with Crippen molar-refractivity contribution in [2.45, 2.75) is 18.9 Å². The predicted molar refractivity (Wildman–Crippen MR) is 94.2 cm³/mol. The summed E-state index contributed by atoms with van der Waals surface area (Å²) in [6.07, 6.45) is 1.15. The summed E-state index contributed by atoms with van der Waals surface area (Å²) in [6.45, 7) is 0.793. The molecule has 0 unspecified atom stereocenters. The van der Waals surface area contributed by atoms with E-state index in [1.165, 1.54) is 4.90 Å². The normalized spacial score (nSPS) is 15.0. The number of hydrogen-bond donors (Lipinski definition) is 1. The number of nitrogens with one attached hydrogen (secondary N) is 1. The molecule has 7 heteroatoms. The van der Waals surface area contributed by atoms with Crippen LogP contribution in [0.25, 0.3) is 0 Å². The second-order valence-corrected chi connectivity index (χ2v) is 6.56. The highest BCUT2D eigenvalue weighted by molar-refractivity contribution is 6.33. The fourth-order valence-electron chi connectivity index (χ4n) is 2.94. The lowest BCUT2D eigenvalue weighted by Crippen LogP contribution is -2.46. The summed E-state index contributed by atoms with van der Waals surface area (Å²) >= 11 is 5.87. The molecule has 2 amide bonds. The number of benzene rings is 2. The van der Waals surface area contributed by atoms with Gasteiger partial charge in [-0.25, -0.2) is 8.78 Å². The Balaban J connectivity index is 1.59. The maximum absolute atomic E-state index is 13.4. The fraction of sp³-hybridized carbons (Fsp3) is 0.263. The van der Waals surface area contributed by atoms with Crippen molar-refractivity contribution in [3.63, 3.8) is 0 Å². The van der Waals surface area contributed by atoms with Crippen molar-refractivity contribution in [1.29, 1.82) is 0 Å². The number of hydrogen-bond acceptors (Lipinski definition) is 2. The Morgan fingerprint density at radius 3 is 2.31 bits per heavy atom. The van der Waals surface area contributed by atoms with Crippen molar-refractivity contribution in [2.24, 2.45) is 0 Å². The van der Waals surface area contributed by atoms with E-state index in [9.17, 15) is 18.4 Å². The molecule has 0 atom stereocenters. The Labute approximate surface area is 154 Å². The predicted octanol–water partition coefficient (Wildman–Crippen LogP) is 3.65. The van der Waals surface area contributed by atoms with Gasteiger partial charge >= 0.3 is 0 Å². The van der Waals surface area contributed by atoms with E-state index >= 15 is 0 Å². The SMILES string of the molecule is O=C(NC1CCN(C(=O)c2cc(F)c(F)cc2Cl)CC1)c1ccccc1. The molecule has 1 aliphatic rings. The maximum atomic E-state index is 13.4. The van der Waals surface area contributed by atoms with Crippen molar-refractivity contribution in [3.05, 3.63) is 70.2 Å². The highest BCUT2D eigenvalue weighted by Gasteiger charge is 2.26. The molecule has 1 fully saturated rings. The summed E-state index contributed by atoms with van der Waals surface area (Å²) < 4.78 is 26.6. The van der Waals surface area contributed by atoms with Crippen LogP contribution in [-0.4, -0.2) is 35.8 Å². The van der Waals surface area contributed by atoms with E-state index < -0.39 is 17.5 Å². The second-order valence-electron chi connectivity index (χ2n) is 6.15. The molecule has 0 aliphatic carbocycles. The summed E-state index contributed by atoms with van der Waals surface area (Å²) in [5.74, 6) is -2.79. The fourth-order valence-corrected chi connectivity index (χ4v) is 3.17. The Kier molecular flexibility index (Phi) is 5.52. The summed E-state index contributed by atoms with van der Waals surface area (Å²) in [5.41, 5.74) is 0.525. The van der Waals surface area contributed by atoms with E-state index in [0.29, 0.717) is 31.5 Å². The van der Waals surface area contributed by atoms with Crippen LogP contribution >= 0.6 is 11.6 Å². The zero-order valence-corrected chi connectivity index (χ0v) is 14.6. The van der Waals surface area contributed by atoms with E-state index in [0.717, 1.165) is 12.1 Å². The summed E-state index contributed by atoms with van der Waals surface area (Å²) in [7, 11) is 0. The zero-order chi connectivity index (χ0) is 18.7. The summed E-state index contributed by atoms with van der Waals surface area (Å²) in [5, 5.41) is 2.83. The summed E-state index contributed by atoms with van der Waals surface area (Å²) in [4.78, 5) is 26.2. The smallest absolute Gasteiger partial charge is 0.255 e. The molecule has 3 rings (SSSR count). The number of nitrogens with zero attached hydrogens (tertiary/aromatic N) is 1. The van der Waals surface area contributed by atoms with Gasteiger partial charge in [-0.05, 0) is 37.1 Å².